The Morgan fingerprint density at radius 1 is 0.318 bits per heavy atom. The van der Waals surface area contributed by atoms with Crippen LogP contribution in [0, 0.1) is 0 Å². The second-order valence-electron chi connectivity index (χ2n) is 18.8. The lowest BCUT2D eigenvalue weighted by molar-refractivity contribution is -0.167. The summed E-state index contributed by atoms with van der Waals surface area (Å²) in [6, 6.07) is 0. The highest BCUT2D eigenvalue weighted by molar-refractivity contribution is 5.71. The summed E-state index contributed by atoms with van der Waals surface area (Å²) in [6.45, 7) is 6.50. The van der Waals surface area contributed by atoms with Gasteiger partial charge < -0.3 is 14.2 Å². The Hall–Kier alpha value is -2.89. The summed E-state index contributed by atoms with van der Waals surface area (Å²) in [4.78, 5) is 38.0. The highest BCUT2D eigenvalue weighted by atomic mass is 16.6. The largest absolute Gasteiger partial charge is 0.462 e. The van der Waals surface area contributed by atoms with Crippen LogP contribution in [0.15, 0.2) is 60.8 Å². The number of allylic oxidation sites excluding steroid dienone is 10. The van der Waals surface area contributed by atoms with Crippen molar-refractivity contribution >= 4 is 17.9 Å². The van der Waals surface area contributed by atoms with Crippen molar-refractivity contribution in [3.63, 3.8) is 0 Å². The average Bonchev–Trinajstić information content (AvgIpc) is 3.31. The van der Waals surface area contributed by atoms with E-state index in [4.69, 9.17) is 14.2 Å². The molecule has 0 aliphatic carbocycles. The number of hydrogen-bond acceptors (Lipinski definition) is 6. The molecular formula is C60H106O6. The van der Waals surface area contributed by atoms with E-state index in [0.29, 0.717) is 19.3 Å². The van der Waals surface area contributed by atoms with E-state index in [1.807, 2.05) is 0 Å². The first-order chi connectivity index (χ1) is 32.5. The molecule has 0 aromatic rings. The van der Waals surface area contributed by atoms with E-state index in [2.05, 4.69) is 81.5 Å². The molecule has 0 rings (SSSR count). The van der Waals surface area contributed by atoms with Gasteiger partial charge >= 0.3 is 17.9 Å². The van der Waals surface area contributed by atoms with Gasteiger partial charge in [-0.3, -0.25) is 14.4 Å². The Kier molecular flexibility index (Phi) is 52.3. The minimum atomic E-state index is -0.787. The molecule has 0 saturated heterocycles. The van der Waals surface area contributed by atoms with Crippen LogP contribution in [-0.4, -0.2) is 37.2 Å². The highest BCUT2D eigenvalue weighted by Crippen LogP contribution is 2.16. The van der Waals surface area contributed by atoms with E-state index in [0.717, 1.165) is 89.9 Å². The fourth-order valence-corrected chi connectivity index (χ4v) is 8.02. The van der Waals surface area contributed by atoms with Crippen LogP contribution < -0.4 is 0 Å². The third-order valence-corrected chi connectivity index (χ3v) is 12.3. The van der Waals surface area contributed by atoms with E-state index >= 15 is 0 Å². The van der Waals surface area contributed by atoms with Crippen LogP contribution in [0.25, 0.3) is 0 Å². The Morgan fingerprint density at radius 2 is 0.591 bits per heavy atom. The number of rotatable bonds is 51. The lowest BCUT2D eigenvalue weighted by Crippen LogP contribution is -2.30. The lowest BCUT2D eigenvalue weighted by atomic mass is 10.0. The van der Waals surface area contributed by atoms with Crippen LogP contribution in [0.5, 0.6) is 0 Å². The number of ether oxygens (including phenoxy) is 3. The quantitative estimate of drug-likeness (QED) is 0.0262. The molecule has 0 aromatic carbocycles. The van der Waals surface area contributed by atoms with Crippen LogP contribution in [0.1, 0.15) is 284 Å². The van der Waals surface area contributed by atoms with Gasteiger partial charge in [-0.15, -0.1) is 0 Å². The lowest BCUT2D eigenvalue weighted by Gasteiger charge is -2.18. The standard InChI is InChI=1S/C60H106O6/c1-4-7-10-13-16-19-22-25-26-27-28-29-30-31-32-33-34-36-38-41-44-47-50-53-59(62)65-56-57(55-64-58(61)52-49-46-43-40-37-24-21-18-15-12-9-6-3)66-60(63)54-51-48-45-42-39-35-23-20-17-14-11-8-5-2/h8,11,17,20,22,25,27-28,35,39,57H,4-7,9-10,12-16,18-19,21,23-24,26,29-34,36-38,40-56H2,1-3H3/b11-8-,20-17-,25-22-,28-27-,39-35-. The van der Waals surface area contributed by atoms with Crippen molar-refractivity contribution in [3.8, 4) is 0 Å². The molecule has 0 spiro atoms. The van der Waals surface area contributed by atoms with Crippen molar-refractivity contribution < 1.29 is 28.6 Å². The van der Waals surface area contributed by atoms with Crippen LogP contribution >= 0.6 is 0 Å². The van der Waals surface area contributed by atoms with Gasteiger partial charge in [0.2, 0.25) is 0 Å². The van der Waals surface area contributed by atoms with Crippen molar-refractivity contribution in [2.75, 3.05) is 13.2 Å². The van der Waals surface area contributed by atoms with Gasteiger partial charge in [0.1, 0.15) is 13.2 Å². The second-order valence-corrected chi connectivity index (χ2v) is 18.8. The summed E-state index contributed by atoms with van der Waals surface area (Å²) in [5.74, 6) is -0.907. The Labute approximate surface area is 409 Å². The maximum absolute atomic E-state index is 12.8. The van der Waals surface area contributed by atoms with Crippen molar-refractivity contribution in [1.29, 1.82) is 0 Å². The van der Waals surface area contributed by atoms with Crippen molar-refractivity contribution in [2.24, 2.45) is 0 Å². The third kappa shape index (κ3) is 52.1. The summed E-state index contributed by atoms with van der Waals surface area (Å²) in [7, 11) is 0. The molecule has 0 aromatic heterocycles. The smallest absolute Gasteiger partial charge is 0.306 e. The summed E-state index contributed by atoms with van der Waals surface area (Å²) < 4.78 is 16.8. The van der Waals surface area contributed by atoms with Crippen molar-refractivity contribution in [1.82, 2.24) is 0 Å². The highest BCUT2D eigenvalue weighted by Gasteiger charge is 2.19. The molecule has 6 nitrogen and oxygen atoms in total. The second kappa shape index (κ2) is 54.7. The predicted octanol–water partition coefficient (Wildman–Crippen LogP) is 18.8. The van der Waals surface area contributed by atoms with Gasteiger partial charge in [-0.05, 0) is 83.5 Å². The minimum absolute atomic E-state index is 0.0843. The van der Waals surface area contributed by atoms with Crippen LogP contribution in [0.4, 0.5) is 0 Å². The first-order valence-electron chi connectivity index (χ1n) is 28.3. The predicted molar refractivity (Wildman–Crippen MR) is 284 cm³/mol. The normalized spacial score (nSPS) is 12.5. The van der Waals surface area contributed by atoms with Crippen LogP contribution in [0.2, 0.25) is 0 Å². The molecule has 0 aliphatic rings. The number of carbonyl (C=O) groups excluding carboxylic acids is 3. The zero-order valence-electron chi connectivity index (χ0n) is 43.7. The van der Waals surface area contributed by atoms with Gasteiger partial charge in [-0.2, -0.15) is 0 Å². The average molecular weight is 924 g/mol. The van der Waals surface area contributed by atoms with Gasteiger partial charge in [0.25, 0.3) is 0 Å². The van der Waals surface area contributed by atoms with Crippen LogP contribution in [0.3, 0.4) is 0 Å². The molecule has 0 amide bonds. The molecule has 0 bridgehead atoms. The summed E-state index contributed by atoms with van der Waals surface area (Å²) >= 11 is 0. The van der Waals surface area contributed by atoms with Gasteiger partial charge in [0, 0.05) is 19.3 Å². The first-order valence-corrected chi connectivity index (χ1v) is 28.3. The number of carbonyl (C=O) groups is 3. The number of unbranched alkanes of at least 4 members (excludes halogenated alkanes) is 30. The van der Waals surface area contributed by atoms with E-state index < -0.39 is 6.10 Å². The molecule has 0 fully saturated rings. The Morgan fingerprint density at radius 3 is 0.939 bits per heavy atom. The molecule has 0 saturated carbocycles. The Bertz CT molecular complexity index is 1200. The maximum atomic E-state index is 12.8. The molecule has 382 valence electrons. The Balaban J connectivity index is 4.28. The van der Waals surface area contributed by atoms with Gasteiger partial charge in [-0.25, -0.2) is 0 Å². The van der Waals surface area contributed by atoms with Gasteiger partial charge in [-0.1, -0.05) is 242 Å². The number of esters is 3. The van der Waals surface area contributed by atoms with E-state index in [1.54, 1.807) is 0 Å². The zero-order chi connectivity index (χ0) is 47.9. The molecule has 0 aliphatic heterocycles. The van der Waals surface area contributed by atoms with Crippen molar-refractivity contribution in [2.45, 2.75) is 290 Å². The molecule has 0 radical (unpaired) electrons. The fraction of sp³-hybridized carbons (Fsp3) is 0.783. The molecule has 1 unspecified atom stereocenters. The fourth-order valence-electron chi connectivity index (χ4n) is 8.02. The van der Waals surface area contributed by atoms with Gasteiger partial charge in [0.05, 0.1) is 0 Å². The monoisotopic (exact) mass is 923 g/mol. The summed E-state index contributed by atoms with van der Waals surface area (Å²) in [5.41, 5.74) is 0. The van der Waals surface area contributed by atoms with Crippen LogP contribution in [-0.2, 0) is 28.6 Å². The zero-order valence-corrected chi connectivity index (χ0v) is 43.7. The van der Waals surface area contributed by atoms with Gasteiger partial charge in [0.15, 0.2) is 6.10 Å². The maximum Gasteiger partial charge on any atom is 0.306 e. The molecule has 0 heterocycles. The first kappa shape index (κ1) is 63.1. The number of hydrogen-bond donors (Lipinski definition) is 0. The molecule has 1 atom stereocenters. The van der Waals surface area contributed by atoms with E-state index in [9.17, 15) is 14.4 Å². The van der Waals surface area contributed by atoms with E-state index in [-0.39, 0.29) is 31.1 Å². The molecular weight excluding hydrogens is 817 g/mol. The SMILES string of the molecule is CC/C=C\C/C=C\C/C=C\CCCCCC(=O)OC(COC(=O)CCCCCCCCCCCCCC)COC(=O)CCCCCCCCCCCCC/C=C\C/C=C\CCCCCCC. The summed E-state index contributed by atoms with van der Waals surface area (Å²) in [5, 5.41) is 0. The summed E-state index contributed by atoms with van der Waals surface area (Å²) in [6.07, 6.45) is 67.9. The minimum Gasteiger partial charge on any atom is -0.462 e. The van der Waals surface area contributed by atoms with Crippen molar-refractivity contribution in [3.05, 3.63) is 60.8 Å². The third-order valence-electron chi connectivity index (χ3n) is 12.3. The topological polar surface area (TPSA) is 78.9 Å². The molecule has 0 N–H and O–H groups in total. The molecule has 66 heavy (non-hydrogen) atoms. The molecule has 6 heteroatoms. The van der Waals surface area contributed by atoms with E-state index in [1.165, 1.54) is 154 Å².